The average Bonchev–Trinajstić information content (AvgIpc) is 1.59. The van der Waals surface area contributed by atoms with Crippen LogP contribution in [0, 0.1) is 0 Å². The first-order valence-corrected chi connectivity index (χ1v) is 3.26. The second-order valence-corrected chi connectivity index (χ2v) is 2.81. The van der Waals surface area contributed by atoms with E-state index in [1.165, 1.54) is 0 Å². The maximum atomic E-state index is 12.6. The van der Waals surface area contributed by atoms with Crippen molar-refractivity contribution in [2.45, 2.75) is 18.6 Å². The SMILES string of the molecule is CN1CC(N)CC(F)C1. The van der Waals surface area contributed by atoms with Crippen molar-refractivity contribution < 1.29 is 4.39 Å². The van der Waals surface area contributed by atoms with Crippen molar-refractivity contribution >= 4 is 0 Å². The van der Waals surface area contributed by atoms with E-state index in [2.05, 4.69) is 0 Å². The molecule has 0 aromatic rings. The van der Waals surface area contributed by atoms with E-state index in [0.29, 0.717) is 13.0 Å². The summed E-state index contributed by atoms with van der Waals surface area (Å²) in [5.74, 6) is 0. The third-order valence-corrected chi connectivity index (χ3v) is 1.61. The van der Waals surface area contributed by atoms with Crippen LogP contribution in [0.2, 0.25) is 0 Å². The van der Waals surface area contributed by atoms with E-state index in [0.717, 1.165) is 6.54 Å². The molecular weight excluding hydrogens is 119 g/mol. The van der Waals surface area contributed by atoms with Crippen LogP contribution in [0.25, 0.3) is 0 Å². The van der Waals surface area contributed by atoms with E-state index in [1.54, 1.807) is 0 Å². The first-order chi connectivity index (χ1) is 4.18. The lowest BCUT2D eigenvalue weighted by molar-refractivity contribution is 0.147. The van der Waals surface area contributed by atoms with Gasteiger partial charge in [-0.2, -0.15) is 0 Å². The van der Waals surface area contributed by atoms with E-state index in [4.69, 9.17) is 5.73 Å². The number of rotatable bonds is 0. The molecule has 0 saturated carbocycles. The first kappa shape index (κ1) is 6.96. The van der Waals surface area contributed by atoms with Crippen LogP contribution in [-0.2, 0) is 0 Å². The summed E-state index contributed by atoms with van der Waals surface area (Å²) in [7, 11) is 1.89. The smallest absolute Gasteiger partial charge is 0.114 e. The lowest BCUT2D eigenvalue weighted by Gasteiger charge is -2.29. The predicted molar refractivity (Wildman–Crippen MR) is 35.0 cm³/mol. The number of halogens is 1. The number of hydrogen-bond donors (Lipinski definition) is 1. The molecule has 0 amide bonds. The molecule has 3 heteroatoms. The summed E-state index contributed by atoms with van der Waals surface area (Å²) in [6.07, 6.45) is -0.177. The van der Waals surface area contributed by atoms with E-state index in [1.807, 2.05) is 11.9 Å². The second kappa shape index (κ2) is 2.62. The summed E-state index contributed by atoms with van der Waals surface area (Å²) >= 11 is 0. The maximum absolute atomic E-state index is 12.6. The number of alkyl halides is 1. The van der Waals surface area contributed by atoms with Crippen LogP contribution in [0.4, 0.5) is 4.39 Å². The Kier molecular flexibility index (Phi) is 2.03. The normalized spacial score (nSPS) is 39.0. The molecule has 0 radical (unpaired) electrons. The van der Waals surface area contributed by atoms with Crippen LogP contribution in [-0.4, -0.2) is 37.3 Å². The van der Waals surface area contributed by atoms with Gasteiger partial charge in [0.2, 0.25) is 0 Å². The standard InChI is InChI=1S/C6H13FN2/c1-9-3-5(7)2-6(8)4-9/h5-6H,2-4,8H2,1H3. The summed E-state index contributed by atoms with van der Waals surface area (Å²) in [5.41, 5.74) is 5.53. The summed E-state index contributed by atoms with van der Waals surface area (Å²) in [4.78, 5) is 1.93. The number of hydrogen-bond acceptors (Lipinski definition) is 2. The Morgan fingerprint density at radius 1 is 1.56 bits per heavy atom. The minimum Gasteiger partial charge on any atom is -0.326 e. The molecule has 2 atom stereocenters. The summed E-state index contributed by atoms with van der Waals surface area (Å²) in [5, 5.41) is 0. The van der Waals surface area contributed by atoms with Crippen molar-refractivity contribution in [3.05, 3.63) is 0 Å². The Labute approximate surface area is 54.8 Å². The highest BCUT2D eigenvalue weighted by Gasteiger charge is 2.21. The molecule has 0 spiro atoms. The van der Waals surface area contributed by atoms with Crippen molar-refractivity contribution in [2.75, 3.05) is 20.1 Å². The van der Waals surface area contributed by atoms with Gasteiger partial charge in [0.25, 0.3) is 0 Å². The second-order valence-electron chi connectivity index (χ2n) is 2.81. The fourth-order valence-electron chi connectivity index (χ4n) is 1.29. The number of piperidine rings is 1. The number of nitrogens with two attached hydrogens (primary N) is 1. The quantitative estimate of drug-likeness (QED) is 0.502. The number of nitrogens with zero attached hydrogens (tertiary/aromatic N) is 1. The minimum atomic E-state index is -0.709. The van der Waals surface area contributed by atoms with Crippen LogP contribution < -0.4 is 5.73 Å². The fraction of sp³-hybridized carbons (Fsp3) is 1.00. The molecule has 1 rings (SSSR count). The summed E-state index contributed by atoms with van der Waals surface area (Å²) < 4.78 is 12.6. The van der Waals surface area contributed by atoms with Crippen LogP contribution in [0.3, 0.4) is 0 Å². The van der Waals surface area contributed by atoms with Crippen molar-refractivity contribution in [1.82, 2.24) is 4.90 Å². The maximum Gasteiger partial charge on any atom is 0.114 e. The Morgan fingerprint density at radius 2 is 2.22 bits per heavy atom. The van der Waals surface area contributed by atoms with Crippen LogP contribution in [0.1, 0.15) is 6.42 Å². The molecule has 54 valence electrons. The van der Waals surface area contributed by atoms with E-state index < -0.39 is 6.17 Å². The third kappa shape index (κ3) is 1.91. The van der Waals surface area contributed by atoms with Crippen molar-refractivity contribution in [2.24, 2.45) is 5.73 Å². The van der Waals surface area contributed by atoms with Crippen molar-refractivity contribution in [1.29, 1.82) is 0 Å². The van der Waals surface area contributed by atoms with E-state index in [9.17, 15) is 4.39 Å². The van der Waals surface area contributed by atoms with Gasteiger partial charge < -0.3 is 10.6 Å². The minimum absolute atomic E-state index is 0.0405. The van der Waals surface area contributed by atoms with Gasteiger partial charge in [-0.05, 0) is 13.5 Å². The van der Waals surface area contributed by atoms with Crippen molar-refractivity contribution in [3.63, 3.8) is 0 Å². The van der Waals surface area contributed by atoms with E-state index >= 15 is 0 Å². The molecule has 2 nitrogen and oxygen atoms in total. The molecule has 9 heavy (non-hydrogen) atoms. The molecular formula is C6H13FN2. The highest BCUT2D eigenvalue weighted by Crippen LogP contribution is 2.09. The van der Waals surface area contributed by atoms with Gasteiger partial charge in [0, 0.05) is 19.1 Å². The molecule has 1 saturated heterocycles. The van der Waals surface area contributed by atoms with Gasteiger partial charge in [0.1, 0.15) is 6.17 Å². The molecule has 1 aliphatic heterocycles. The summed E-state index contributed by atoms with van der Waals surface area (Å²) in [6.45, 7) is 1.38. The molecule has 2 unspecified atom stereocenters. The van der Waals surface area contributed by atoms with Crippen LogP contribution >= 0.6 is 0 Å². The monoisotopic (exact) mass is 132 g/mol. The molecule has 0 bridgehead atoms. The predicted octanol–water partition coefficient (Wildman–Crippen LogP) is -0.0127. The summed E-state index contributed by atoms with van der Waals surface area (Å²) in [6, 6.07) is 0.0405. The van der Waals surface area contributed by atoms with Gasteiger partial charge in [-0.1, -0.05) is 0 Å². The van der Waals surface area contributed by atoms with Gasteiger partial charge in [-0.15, -0.1) is 0 Å². The van der Waals surface area contributed by atoms with Crippen LogP contribution in [0.15, 0.2) is 0 Å². The molecule has 2 N–H and O–H groups in total. The lowest BCUT2D eigenvalue weighted by atomic mass is 10.1. The molecule has 0 aromatic heterocycles. The average molecular weight is 132 g/mol. The third-order valence-electron chi connectivity index (χ3n) is 1.61. The van der Waals surface area contributed by atoms with Gasteiger partial charge in [-0.3, -0.25) is 0 Å². The Bertz CT molecular complexity index is 72.0. The highest BCUT2D eigenvalue weighted by molar-refractivity contribution is 4.78. The molecule has 1 heterocycles. The van der Waals surface area contributed by atoms with Gasteiger partial charge in [0.05, 0.1) is 0 Å². The Balaban J connectivity index is 2.34. The largest absolute Gasteiger partial charge is 0.326 e. The number of likely N-dealkylation sites (N-methyl/N-ethyl adjacent to an activating group) is 1. The number of likely N-dealkylation sites (tertiary alicyclic amines) is 1. The van der Waals surface area contributed by atoms with Crippen LogP contribution in [0.5, 0.6) is 0 Å². The fourth-order valence-corrected chi connectivity index (χ4v) is 1.29. The molecule has 0 aliphatic carbocycles. The van der Waals surface area contributed by atoms with Gasteiger partial charge in [-0.25, -0.2) is 4.39 Å². The van der Waals surface area contributed by atoms with Gasteiger partial charge >= 0.3 is 0 Å². The van der Waals surface area contributed by atoms with Crippen molar-refractivity contribution in [3.8, 4) is 0 Å². The topological polar surface area (TPSA) is 29.3 Å². The zero-order chi connectivity index (χ0) is 6.85. The molecule has 1 aliphatic rings. The zero-order valence-electron chi connectivity index (χ0n) is 5.68. The first-order valence-electron chi connectivity index (χ1n) is 3.26. The lowest BCUT2D eigenvalue weighted by Crippen LogP contribution is -2.45. The highest BCUT2D eigenvalue weighted by atomic mass is 19.1. The Morgan fingerprint density at radius 3 is 2.67 bits per heavy atom. The zero-order valence-corrected chi connectivity index (χ0v) is 5.68. The molecule has 1 fully saturated rings. The van der Waals surface area contributed by atoms with Gasteiger partial charge in [0.15, 0.2) is 0 Å². The Hall–Kier alpha value is -0.150. The van der Waals surface area contributed by atoms with E-state index in [-0.39, 0.29) is 6.04 Å². The molecule has 0 aromatic carbocycles.